The van der Waals surface area contributed by atoms with Crippen molar-refractivity contribution in [3.8, 4) is 10.4 Å². The Balaban J connectivity index is 1.79. The van der Waals surface area contributed by atoms with Crippen LogP contribution in [0.5, 0.6) is 0 Å². The third kappa shape index (κ3) is 3.17. The molecule has 1 aromatic heterocycles. The molecule has 0 bridgehead atoms. The van der Waals surface area contributed by atoms with Crippen LogP contribution in [0.4, 0.5) is 5.69 Å². The number of benzene rings is 2. The molecule has 2 heterocycles. The molecular formula is C19H13Cl2NO3S2. The molecule has 4 rings (SSSR count). The van der Waals surface area contributed by atoms with E-state index in [9.17, 15) is 13.2 Å². The fourth-order valence-electron chi connectivity index (χ4n) is 3.09. The second-order valence-electron chi connectivity index (χ2n) is 6.18. The number of amides is 1. The van der Waals surface area contributed by atoms with Crippen LogP contribution in [0.3, 0.4) is 0 Å². The van der Waals surface area contributed by atoms with Gasteiger partial charge in [-0.3, -0.25) is 4.79 Å². The van der Waals surface area contributed by atoms with Crippen LogP contribution in [0.25, 0.3) is 10.4 Å². The summed E-state index contributed by atoms with van der Waals surface area (Å²) in [5.74, 6) is -0.384. The molecule has 0 saturated heterocycles. The minimum Gasteiger partial charge on any atom is -0.309 e. The molecule has 8 heteroatoms. The zero-order valence-corrected chi connectivity index (χ0v) is 17.2. The van der Waals surface area contributed by atoms with Crippen molar-refractivity contribution < 1.29 is 13.2 Å². The molecule has 0 spiro atoms. The van der Waals surface area contributed by atoms with E-state index in [0.29, 0.717) is 31.7 Å². The number of carbonyl (C=O) groups excluding carboxylic acids is 1. The number of fused-ring (bicyclic) bond motifs is 3. The summed E-state index contributed by atoms with van der Waals surface area (Å²) in [7, 11) is -1.85. The van der Waals surface area contributed by atoms with E-state index in [4.69, 9.17) is 23.2 Å². The van der Waals surface area contributed by atoms with Gasteiger partial charge in [0, 0.05) is 22.5 Å². The van der Waals surface area contributed by atoms with Crippen molar-refractivity contribution in [2.75, 3.05) is 11.9 Å². The average Bonchev–Trinajstić information content (AvgIpc) is 3.04. The molecule has 27 heavy (non-hydrogen) atoms. The SMILES string of the molecule is CN(C(=O)c1cc2c(s1)-c1ccc(Cl)cc1S(=O)(=O)C2)c1ccccc1Cl. The quantitative estimate of drug-likeness (QED) is 0.547. The van der Waals surface area contributed by atoms with Gasteiger partial charge < -0.3 is 4.90 Å². The van der Waals surface area contributed by atoms with Crippen LogP contribution in [0, 0.1) is 0 Å². The van der Waals surface area contributed by atoms with Crippen molar-refractivity contribution in [1.29, 1.82) is 0 Å². The van der Waals surface area contributed by atoms with E-state index < -0.39 is 9.84 Å². The molecule has 0 fully saturated rings. The van der Waals surface area contributed by atoms with Crippen molar-refractivity contribution in [3.05, 3.63) is 69.0 Å². The third-order valence-corrected chi connectivity index (χ3v) is 7.86. The van der Waals surface area contributed by atoms with Gasteiger partial charge in [0.1, 0.15) is 0 Å². The van der Waals surface area contributed by atoms with Crippen LogP contribution >= 0.6 is 34.5 Å². The molecule has 0 atom stereocenters. The van der Waals surface area contributed by atoms with Crippen molar-refractivity contribution >= 4 is 56.0 Å². The molecule has 0 unspecified atom stereocenters. The highest BCUT2D eigenvalue weighted by Gasteiger charge is 2.31. The molecule has 0 saturated carbocycles. The second kappa shape index (κ2) is 6.63. The summed E-state index contributed by atoms with van der Waals surface area (Å²) in [6, 6.07) is 13.5. The number of sulfone groups is 1. The molecule has 1 aliphatic heterocycles. The van der Waals surface area contributed by atoms with E-state index in [0.717, 1.165) is 4.88 Å². The Morgan fingerprint density at radius 2 is 1.85 bits per heavy atom. The lowest BCUT2D eigenvalue weighted by Gasteiger charge is -2.17. The zero-order chi connectivity index (χ0) is 19.3. The number of nitrogens with zero attached hydrogens (tertiary/aromatic N) is 1. The van der Waals surface area contributed by atoms with E-state index in [-0.39, 0.29) is 16.6 Å². The van der Waals surface area contributed by atoms with Crippen molar-refractivity contribution in [1.82, 2.24) is 0 Å². The van der Waals surface area contributed by atoms with Gasteiger partial charge in [-0.1, -0.05) is 41.4 Å². The van der Waals surface area contributed by atoms with E-state index >= 15 is 0 Å². The lowest BCUT2D eigenvalue weighted by atomic mass is 10.1. The number of anilines is 1. The standard InChI is InChI=1S/C19H13Cl2NO3S2/c1-22(15-5-3-2-4-14(15)21)19(23)16-8-11-10-27(24,25)17-9-12(20)6-7-13(17)18(11)26-16/h2-9H,10H2,1H3. The highest BCUT2D eigenvalue weighted by molar-refractivity contribution is 7.91. The van der Waals surface area contributed by atoms with Crippen LogP contribution in [-0.2, 0) is 15.6 Å². The monoisotopic (exact) mass is 437 g/mol. The van der Waals surface area contributed by atoms with Gasteiger partial charge in [-0.15, -0.1) is 11.3 Å². The normalized spacial score (nSPS) is 14.3. The molecule has 4 nitrogen and oxygen atoms in total. The van der Waals surface area contributed by atoms with E-state index in [2.05, 4.69) is 0 Å². The Morgan fingerprint density at radius 3 is 2.59 bits per heavy atom. The lowest BCUT2D eigenvalue weighted by molar-refractivity contribution is 0.0997. The first kappa shape index (κ1) is 18.5. The van der Waals surface area contributed by atoms with Gasteiger partial charge in [0.2, 0.25) is 0 Å². The first-order valence-electron chi connectivity index (χ1n) is 7.96. The first-order chi connectivity index (χ1) is 12.8. The predicted octanol–water partition coefficient (Wildman–Crippen LogP) is 5.29. The predicted molar refractivity (Wildman–Crippen MR) is 110 cm³/mol. The fourth-order valence-corrected chi connectivity index (χ4v) is 6.55. The fraction of sp³-hybridized carbons (Fsp3) is 0.105. The highest BCUT2D eigenvalue weighted by Crippen LogP contribution is 2.44. The number of carbonyl (C=O) groups is 1. The summed E-state index contributed by atoms with van der Waals surface area (Å²) in [6.07, 6.45) is 0. The number of thiophene rings is 1. The van der Waals surface area contributed by atoms with Gasteiger partial charge in [-0.2, -0.15) is 0 Å². The number of rotatable bonds is 2. The third-order valence-electron chi connectivity index (χ3n) is 4.41. The van der Waals surface area contributed by atoms with Gasteiger partial charge in [0.05, 0.1) is 26.2 Å². The second-order valence-corrected chi connectivity index (χ2v) is 10.0. The lowest BCUT2D eigenvalue weighted by Crippen LogP contribution is -2.25. The van der Waals surface area contributed by atoms with Crippen molar-refractivity contribution in [3.63, 3.8) is 0 Å². The van der Waals surface area contributed by atoms with Gasteiger partial charge in [-0.05, 0) is 35.9 Å². The van der Waals surface area contributed by atoms with Crippen LogP contribution < -0.4 is 4.90 Å². The molecule has 1 aliphatic rings. The van der Waals surface area contributed by atoms with Crippen LogP contribution in [0.2, 0.25) is 10.0 Å². The first-order valence-corrected chi connectivity index (χ1v) is 11.2. The largest absolute Gasteiger partial charge is 0.309 e. The van der Waals surface area contributed by atoms with Crippen LogP contribution in [0.1, 0.15) is 15.2 Å². The topological polar surface area (TPSA) is 54.5 Å². The van der Waals surface area contributed by atoms with Gasteiger partial charge >= 0.3 is 0 Å². The summed E-state index contributed by atoms with van der Waals surface area (Å²) >= 11 is 13.4. The summed E-state index contributed by atoms with van der Waals surface area (Å²) in [4.78, 5) is 15.9. The number of hydrogen-bond donors (Lipinski definition) is 0. The molecule has 0 radical (unpaired) electrons. The zero-order valence-electron chi connectivity index (χ0n) is 14.1. The summed E-state index contributed by atoms with van der Waals surface area (Å²) in [6.45, 7) is 0. The van der Waals surface area contributed by atoms with Crippen molar-refractivity contribution in [2.24, 2.45) is 0 Å². The molecule has 0 N–H and O–H groups in total. The van der Waals surface area contributed by atoms with Crippen LogP contribution in [0.15, 0.2) is 53.4 Å². The smallest absolute Gasteiger partial charge is 0.268 e. The molecule has 0 aliphatic carbocycles. The van der Waals surface area contributed by atoms with Gasteiger partial charge in [0.15, 0.2) is 9.84 Å². The van der Waals surface area contributed by atoms with Gasteiger partial charge in [0.25, 0.3) is 5.91 Å². The minimum atomic E-state index is -3.49. The Kier molecular flexibility index (Phi) is 4.55. The summed E-state index contributed by atoms with van der Waals surface area (Å²) < 4.78 is 25.2. The molecule has 138 valence electrons. The number of para-hydroxylation sites is 1. The minimum absolute atomic E-state index is 0.144. The Labute approximate surface area is 170 Å². The van der Waals surface area contributed by atoms with Crippen LogP contribution in [-0.4, -0.2) is 21.4 Å². The number of hydrogen-bond acceptors (Lipinski definition) is 4. The van der Waals surface area contributed by atoms with Crippen molar-refractivity contribution in [2.45, 2.75) is 10.6 Å². The maximum atomic E-state index is 12.9. The number of halogens is 2. The maximum absolute atomic E-state index is 12.9. The highest BCUT2D eigenvalue weighted by atomic mass is 35.5. The maximum Gasteiger partial charge on any atom is 0.268 e. The molecular weight excluding hydrogens is 425 g/mol. The summed E-state index contributed by atoms with van der Waals surface area (Å²) in [5, 5.41) is 0.837. The van der Waals surface area contributed by atoms with Gasteiger partial charge in [-0.25, -0.2) is 8.42 Å². The molecule has 1 amide bonds. The Hall–Kier alpha value is -1.86. The molecule has 3 aromatic rings. The van der Waals surface area contributed by atoms with E-state index in [1.165, 1.54) is 22.3 Å². The Morgan fingerprint density at radius 1 is 1.11 bits per heavy atom. The summed E-state index contributed by atoms with van der Waals surface area (Å²) in [5.41, 5.74) is 1.81. The van der Waals surface area contributed by atoms with E-state index in [1.54, 1.807) is 49.5 Å². The molecule has 2 aromatic carbocycles. The van der Waals surface area contributed by atoms with E-state index in [1.807, 2.05) is 0 Å². The Bertz CT molecular complexity index is 1190. The average molecular weight is 438 g/mol.